The van der Waals surface area contributed by atoms with Gasteiger partial charge in [-0.3, -0.25) is 0 Å². The molecular formula is C14H27N3. The quantitative estimate of drug-likeness (QED) is 0.406. The highest BCUT2D eigenvalue weighted by Gasteiger charge is 2.11. The smallest absolute Gasteiger partial charge is 0.0404 e. The lowest BCUT2D eigenvalue weighted by Gasteiger charge is -2.23. The molecule has 17 heavy (non-hydrogen) atoms. The Morgan fingerprint density at radius 2 is 1.94 bits per heavy atom. The fraction of sp³-hybridized carbons (Fsp3) is 0.571. The van der Waals surface area contributed by atoms with Crippen LogP contribution in [0.5, 0.6) is 0 Å². The van der Waals surface area contributed by atoms with Crippen molar-refractivity contribution in [3.63, 3.8) is 0 Å². The van der Waals surface area contributed by atoms with Crippen molar-refractivity contribution in [3.8, 4) is 0 Å². The first-order valence-electron chi connectivity index (χ1n) is 6.35. The van der Waals surface area contributed by atoms with Crippen molar-refractivity contribution in [2.75, 3.05) is 6.54 Å². The minimum absolute atomic E-state index is 0.446. The zero-order valence-corrected chi connectivity index (χ0v) is 11.6. The lowest BCUT2D eigenvalue weighted by atomic mass is 9.95. The maximum absolute atomic E-state index is 5.94. The van der Waals surface area contributed by atoms with Crippen molar-refractivity contribution in [1.82, 2.24) is 5.01 Å². The molecule has 0 bridgehead atoms. The molecular weight excluding hydrogens is 210 g/mol. The van der Waals surface area contributed by atoms with E-state index in [1.165, 1.54) is 5.57 Å². The van der Waals surface area contributed by atoms with Crippen molar-refractivity contribution in [2.45, 2.75) is 40.5 Å². The van der Waals surface area contributed by atoms with Gasteiger partial charge in [-0.25, -0.2) is 5.84 Å². The Morgan fingerprint density at radius 3 is 2.35 bits per heavy atom. The molecule has 0 rings (SSSR count). The van der Waals surface area contributed by atoms with Gasteiger partial charge in [-0.15, -0.1) is 0 Å². The van der Waals surface area contributed by atoms with E-state index in [2.05, 4.69) is 32.1 Å². The first-order chi connectivity index (χ1) is 8.08. The molecule has 0 saturated carbocycles. The first kappa shape index (κ1) is 15.8. The Labute approximate surface area is 106 Å². The molecule has 0 aromatic rings. The Kier molecular flexibility index (Phi) is 8.24. The Balaban J connectivity index is 4.60. The van der Waals surface area contributed by atoms with E-state index in [1.807, 2.05) is 20.0 Å². The van der Waals surface area contributed by atoms with Crippen LogP contribution in [-0.4, -0.2) is 11.6 Å². The number of hydrogen-bond donors (Lipinski definition) is 2. The molecule has 0 aliphatic rings. The molecule has 0 spiro atoms. The number of rotatable bonds is 7. The van der Waals surface area contributed by atoms with Gasteiger partial charge >= 0.3 is 0 Å². The number of allylic oxidation sites excluding steroid dienone is 4. The van der Waals surface area contributed by atoms with E-state index in [-0.39, 0.29) is 0 Å². The summed E-state index contributed by atoms with van der Waals surface area (Å²) in [6.07, 6.45) is 10.1. The van der Waals surface area contributed by atoms with Crippen LogP contribution >= 0.6 is 0 Å². The van der Waals surface area contributed by atoms with Crippen LogP contribution in [0.15, 0.2) is 35.7 Å². The summed E-state index contributed by atoms with van der Waals surface area (Å²) >= 11 is 0. The predicted octanol–water partition coefficient (Wildman–Crippen LogP) is 2.92. The molecule has 0 fully saturated rings. The second-order valence-electron chi connectivity index (χ2n) is 4.15. The van der Waals surface area contributed by atoms with Gasteiger partial charge in [-0.05, 0) is 32.3 Å². The van der Waals surface area contributed by atoms with Crippen molar-refractivity contribution in [3.05, 3.63) is 35.7 Å². The minimum atomic E-state index is 0.446. The van der Waals surface area contributed by atoms with Crippen molar-refractivity contribution < 1.29 is 0 Å². The number of nitrogens with zero attached hydrogens (tertiary/aromatic N) is 1. The van der Waals surface area contributed by atoms with E-state index >= 15 is 0 Å². The van der Waals surface area contributed by atoms with Crippen LogP contribution in [0, 0.1) is 5.92 Å². The van der Waals surface area contributed by atoms with Crippen LogP contribution < -0.4 is 11.6 Å². The normalized spacial score (nSPS) is 15.4. The van der Waals surface area contributed by atoms with E-state index in [0.29, 0.717) is 5.92 Å². The van der Waals surface area contributed by atoms with Gasteiger partial charge in [-0.2, -0.15) is 0 Å². The lowest BCUT2D eigenvalue weighted by Crippen LogP contribution is -2.32. The standard InChI is InChI=1S/C14H27N3/c1-5-9-12(6-2)13(7-3)10-17(16)11-14(15)8-4/h5-6,9,11,13H,7-8,10,15-16H2,1-4H3/b9-5-,12-6-,14-11-. The second-order valence-corrected chi connectivity index (χ2v) is 4.15. The topological polar surface area (TPSA) is 55.3 Å². The first-order valence-corrected chi connectivity index (χ1v) is 6.35. The van der Waals surface area contributed by atoms with Crippen LogP contribution in [0.2, 0.25) is 0 Å². The SMILES string of the molecule is C/C=C\C(=C\C)C(CC)CN(N)/C=C(\N)CC. The summed E-state index contributed by atoms with van der Waals surface area (Å²) in [6.45, 7) is 9.09. The van der Waals surface area contributed by atoms with Crippen LogP contribution in [0.4, 0.5) is 0 Å². The van der Waals surface area contributed by atoms with Gasteiger partial charge in [0.05, 0.1) is 0 Å². The van der Waals surface area contributed by atoms with Gasteiger partial charge in [0, 0.05) is 24.4 Å². The van der Waals surface area contributed by atoms with Crippen molar-refractivity contribution in [1.29, 1.82) is 0 Å². The maximum Gasteiger partial charge on any atom is 0.0404 e. The van der Waals surface area contributed by atoms with E-state index in [1.54, 1.807) is 5.01 Å². The van der Waals surface area contributed by atoms with Gasteiger partial charge in [0.25, 0.3) is 0 Å². The fourth-order valence-corrected chi connectivity index (χ4v) is 1.74. The number of hydrazine groups is 1. The lowest BCUT2D eigenvalue weighted by molar-refractivity contribution is 0.334. The second kappa shape index (κ2) is 8.88. The zero-order valence-electron chi connectivity index (χ0n) is 11.6. The predicted molar refractivity (Wildman–Crippen MR) is 75.8 cm³/mol. The average Bonchev–Trinajstić information content (AvgIpc) is 2.33. The highest BCUT2D eigenvalue weighted by Crippen LogP contribution is 2.17. The summed E-state index contributed by atoms with van der Waals surface area (Å²) in [6, 6.07) is 0. The minimum Gasteiger partial charge on any atom is -0.401 e. The summed E-state index contributed by atoms with van der Waals surface area (Å²) in [5, 5.41) is 1.69. The van der Waals surface area contributed by atoms with Crippen LogP contribution in [0.1, 0.15) is 40.5 Å². The summed E-state index contributed by atoms with van der Waals surface area (Å²) in [5.41, 5.74) is 7.91. The highest BCUT2D eigenvalue weighted by molar-refractivity contribution is 5.21. The van der Waals surface area contributed by atoms with Crippen LogP contribution in [-0.2, 0) is 0 Å². The molecule has 3 nitrogen and oxygen atoms in total. The third kappa shape index (κ3) is 6.17. The summed E-state index contributed by atoms with van der Waals surface area (Å²) < 4.78 is 0. The van der Waals surface area contributed by atoms with Crippen molar-refractivity contribution >= 4 is 0 Å². The molecule has 0 aromatic carbocycles. The van der Waals surface area contributed by atoms with Gasteiger partial charge in [0.15, 0.2) is 0 Å². The van der Waals surface area contributed by atoms with Gasteiger partial charge in [0.1, 0.15) is 0 Å². The van der Waals surface area contributed by atoms with Gasteiger partial charge in [-0.1, -0.05) is 32.1 Å². The Hall–Kier alpha value is -1.22. The molecule has 4 N–H and O–H groups in total. The molecule has 0 saturated heterocycles. The number of nitrogens with two attached hydrogens (primary N) is 2. The Morgan fingerprint density at radius 1 is 1.29 bits per heavy atom. The third-order valence-electron chi connectivity index (χ3n) is 2.83. The molecule has 0 heterocycles. The molecule has 98 valence electrons. The Bertz CT molecular complexity index is 290. The molecule has 0 amide bonds. The number of hydrogen-bond acceptors (Lipinski definition) is 3. The molecule has 1 unspecified atom stereocenters. The van der Waals surface area contributed by atoms with Crippen LogP contribution in [0.25, 0.3) is 0 Å². The average molecular weight is 237 g/mol. The molecule has 0 aliphatic carbocycles. The van der Waals surface area contributed by atoms with Crippen LogP contribution in [0.3, 0.4) is 0 Å². The maximum atomic E-state index is 5.94. The van der Waals surface area contributed by atoms with Crippen molar-refractivity contribution in [2.24, 2.45) is 17.5 Å². The fourth-order valence-electron chi connectivity index (χ4n) is 1.74. The molecule has 3 heteroatoms. The summed E-state index contributed by atoms with van der Waals surface area (Å²) in [5.74, 6) is 6.39. The van der Waals surface area contributed by atoms with Gasteiger partial charge < -0.3 is 10.7 Å². The highest BCUT2D eigenvalue weighted by atomic mass is 15.4. The van der Waals surface area contributed by atoms with Gasteiger partial charge in [0.2, 0.25) is 0 Å². The third-order valence-corrected chi connectivity index (χ3v) is 2.83. The molecule has 1 atom stereocenters. The van der Waals surface area contributed by atoms with E-state index in [4.69, 9.17) is 11.6 Å². The van der Waals surface area contributed by atoms with E-state index < -0.39 is 0 Å². The monoisotopic (exact) mass is 237 g/mol. The zero-order chi connectivity index (χ0) is 13.3. The summed E-state index contributed by atoms with van der Waals surface area (Å²) in [4.78, 5) is 0. The summed E-state index contributed by atoms with van der Waals surface area (Å²) in [7, 11) is 0. The largest absolute Gasteiger partial charge is 0.401 e. The van der Waals surface area contributed by atoms with E-state index in [9.17, 15) is 0 Å². The molecule has 0 aliphatic heterocycles. The molecule has 0 aromatic heterocycles. The van der Waals surface area contributed by atoms with E-state index in [0.717, 1.165) is 25.1 Å². The molecule has 0 radical (unpaired) electrons.